The van der Waals surface area contributed by atoms with Gasteiger partial charge in [0, 0.05) is 115 Å². The van der Waals surface area contributed by atoms with Crippen molar-refractivity contribution in [3.63, 3.8) is 0 Å². The van der Waals surface area contributed by atoms with E-state index >= 15 is 0 Å². The second-order valence-corrected chi connectivity index (χ2v) is 28.1. The quantitative estimate of drug-likeness (QED) is 0.142. The Balaban J connectivity index is 0.000000170. The molecule has 0 N–H and O–H groups in total. The monoisotopic (exact) mass is 1460 g/mol. The van der Waals surface area contributed by atoms with Gasteiger partial charge < -0.3 is 4.42 Å². The second kappa shape index (κ2) is 25.0. The summed E-state index contributed by atoms with van der Waals surface area (Å²) < 4.78 is 281. The predicted molar refractivity (Wildman–Crippen MR) is 452 cm³/mol. The molecule has 0 saturated heterocycles. The van der Waals surface area contributed by atoms with Gasteiger partial charge in [0.15, 0.2) is 23.3 Å². The van der Waals surface area contributed by atoms with Crippen molar-refractivity contribution in [3.05, 3.63) is 339 Å². The van der Waals surface area contributed by atoms with Crippen LogP contribution in [0.2, 0.25) is 0 Å². The smallest absolute Gasteiger partial charge is 0.238 e. The number of fused-ring (bicyclic) bond motifs is 20. The van der Waals surface area contributed by atoms with E-state index in [1.54, 1.807) is 53.0 Å². The zero-order valence-electron chi connectivity index (χ0n) is 85.2. The van der Waals surface area contributed by atoms with Crippen LogP contribution >= 0.6 is 34.0 Å². The van der Waals surface area contributed by atoms with Crippen molar-refractivity contribution in [1.82, 2.24) is 39.0 Å². The van der Waals surface area contributed by atoms with Gasteiger partial charge in [-0.15, -0.1) is 34.0 Å². The Kier molecular flexibility index (Phi) is 9.03. The molecule has 15 aromatic carbocycles. The van der Waals surface area contributed by atoms with Crippen molar-refractivity contribution < 1.29 is 45.5 Å². The minimum absolute atomic E-state index is 0.0517. The fourth-order valence-electron chi connectivity index (χ4n) is 14.2. The number of thiophene rings is 3. The van der Waals surface area contributed by atoms with Crippen molar-refractivity contribution in [3.8, 4) is 90.8 Å². The van der Waals surface area contributed by atoms with E-state index in [1.165, 1.54) is 25.6 Å². The van der Waals surface area contributed by atoms with Gasteiger partial charge in [0.05, 0.1) is 63.2 Å². The van der Waals surface area contributed by atoms with Gasteiger partial charge in [0.25, 0.3) is 0 Å². The summed E-state index contributed by atoms with van der Waals surface area (Å²) in [5.41, 5.74) is -0.0654. The summed E-state index contributed by atoms with van der Waals surface area (Å²) in [7, 11) is 0. The molecule has 0 bridgehead atoms. The highest BCUT2D eigenvalue weighted by Crippen LogP contribution is 2.48. The summed E-state index contributed by atoms with van der Waals surface area (Å²) in [4.78, 5) is 29.2. The lowest BCUT2D eigenvalue weighted by Crippen LogP contribution is -2.06. The van der Waals surface area contributed by atoms with Crippen molar-refractivity contribution in [2.24, 2.45) is 0 Å². The van der Waals surface area contributed by atoms with Gasteiger partial charge in [-0.05, 0) is 112 Å². The summed E-state index contributed by atoms with van der Waals surface area (Å²) in [6.07, 6.45) is 0. The Morgan fingerprint density at radius 1 is 0.250 bits per heavy atom. The zero-order chi connectivity index (χ0) is 97.0. The Morgan fingerprint density at radius 2 is 0.833 bits per heavy atom. The van der Waals surface area contributed by atoms with Gasteiger partial charge >= 0.3 is 0 Å². The largest absolute Gasteiger partial charge is 0.456 e. The molecule has 8 aromatic heterocycles. The minimum Gasteiger partial charge on any atom is -0.456 e. The summed E-state index contributed by atoms with van der Waals surface area (Å²) in [6, 6.07) is 30.9. The van der Waals surface area contributed by atoms with Crippen molar-refractivity contribution in [2.45, 2.75) is 0 Å². The zero-order valence-corrected chi connectivity index (χ0v) is 57.7. The molecule has 9 nitrogen and oxygen atoms in total. The molecule has 504 valence electrons. The Morgan fingerprint density at radius 3 is 1.63 bits per heavy atom. The molecule has 0 amide bonds. The average Bonchev–Trinajstić information content (AvgIpc) is 1.52. The molecule has 12 heteroatoms. The Labute approximate surface area is 671 Å². The number of rotatable bonds is 9. The number of furan rings is 1. The average molecular weight is 1460 g/mol. The van der Waals surface area contributed by atoms with Crippen LogP contribution in [0.4, 0.5) is 0 Å². The molecule has 0 fully saturated rings. The number of para-hydroxylation sites is 2. The molecule has 23 rings (SSSR count). The van der Waals surface area contributed by atoms with Crippen molar-refractivity contribution >= 4 is 160 Å². The lowest BCUT2D eigenvalue weighted by Gasteiger charge is -2.11. The first-order valence-corrected chi connectivity index (χ1v) is 36.0. The lowest BCUT2D eigenvalue weighted by molar-refractivity contribution is 0.669. The van der Waals surface area contributed by atoms with E-state index in [4.69, 9.17) is 45.4 Å². The van der Waals surface area contributed by atoms with Crippen molar-refractivity contribution in [2.75, 3.05) is 0 Å². The minimum atomic E-state index is -0.929. The van der Waals surface area contributed by atoms with Crippen LogP contribution in [0.25, 0.3) is 217 Å². The topological polar surface area (TPSA) is 100 Å². The van der Waals surface area contributed by atoms with Crippen LogP contribution in [0.1, 0.15) is 41.1 Å². The normalized spacial score (nSPS) is 15.8. The van der Waals surface area contributed by atoms with Gasteiger partial charge in [-0.25, -0.2) is 9.97 Å². The third kappa shape index (κ3) is 10.1. The molecule has 0 aliphatic carbocycles. The summed E-state index contributed by atoms with van der Waals surface area (Å²) >= 11 is 4.13. The maximum Gasteiger partial charge on any atom is 0.238 e. The first-order chi connectivity index (χ1) is 66.0. The van der Waals surface area contributed by atoms with E-state index < -0.39 is 230 Å². The molecule has 0 aliphatic heterocycles. The number of nitrogens with zero attached hydrogens (tertiary/aromatic N) is 8. The highest BCUT2D eigenvalue weighted by Gasteiger charge is 2.25. The lowest BCUT2D eigenvalue weighted by atomic mass is 9.99. The fraction of sp³-hybridized carbons (Fsp3) is 0. The molecule has 8 heterocycles. The summed E-state index contributed by atoms with van der Waals surface area (Å²) in [5.74, 6) is -0.721. The van der Waals surface area contributed by atoms with Crippen LogP contribution in [0.3, 0.4) is 0 Å². The molecule has 0 unspecified atom stereocenters. The van der Waals surface area contributed by atoms with Gasteiger partial charge in [-0.2, -0.15) is 19.9 Å². The standard InChI is InChI=1S/C51H30N4OS.C45H26N4S2/c1-3-12-31(13-4-1)32-22-24-34(25-23-32)49-52-50(35-26-27-38-43(30-35)56-42-20-11-18-36(46(38)42)33-14-5-2-6-15-33)54-51(53-49)55-40-19-9-7-16-37(40)47-41(55)28-29-45-48(47)39-17-8-10-21-44(39)57-45;1-3-12-27(13-4-1)30-18-11-21-37-40(30)33-23-22-29(26-39(33)51-37)44-46-43(28-14-5-2-6-15-28)47-45(48-44)49-34-19-9-7-16-31(34)41-35(49)24-25-38-42(41)32-17-8-10-20-36(32)50-38/h1-30H;1-26H/i2D,5D,6D,7D,8D,9D,10D,11D,14D,15D,16D,17D,18D,19D,20D,21D,22D,23D,24D,25D,26D,27D,28D,29D,30D;1D,3D,4D,12D,13D. The van der Waals surface area contributed by atoms with Gasteiger partial charge in [-0.1, -0.05) is 260 Å². The number of hydrogen-bond acceptors (Lipinski definition) is 10. The number of benzene rings is 15. The van der Waals surface area contributed by atoms with Crippen LogP contribution < -0.4 is 0 Å². The van der Waals surface area contributed by atoms with Gasteiger partial charge in [-0.3, -0.25) is 9.13 Å². The highest BCUT2D eigenvalue weighted by molar-refractivity contribution is 7.26. The van der Waals surface area contributed by atoms with E-state index in [0.29, 0.717) is 23.2 Å². The van der Waals surface area contributed by atoms with Crippen LogP contribution in [-0.2, 0) is 0 Å². The molecular weight excluding hydrogens is 1380 g/mol. The molecule has 0 aliphatic rings. The van der Waals surface area contributed by atoms with Crippen LogP contribution in [0.5, 0.6) is 0 Å². The maximum absolute atomic E-state index is 9.77. The van der Waals surface area contributed by atoms with Gasteiger partial charge in [0.2, 0.25) is 11.9 Å². The Hall–Kier alpha value is -13.6. The third-order valence-electron chi connectivity index (χ3n) is 18.8. The molecule has 23 aromatic rings. The summed E-state index contributed by atoms with van der Waals surface area (Å²) in [6.45, 7) is 0. The van der Waals surface area contributed by atoms with E-state index in [1.807, 2.05) is 60.7 Å². The highest BCUT2D eigenvalue weighted by atomic mass is 32.1. The number of aromatic nitrogens is 8. The SMILES string of the molecule is [2H]c1c([2H])c([2H])c(-c2c([2H])c([2H])c([2H])c3oc4c([2H])c(-c5nc(-c6c([2H])c([2H])c(-c7ccccc7)c([2H])c6[2H])nc(-n6c7c([2H])c([2H])c([2H])c([2H])c7c7c8c(sc9c([2H])c([2H])c([2H])c([2H])c98)c([2H])c([2H])c76)n5)c([2H])c([2H])c4c23)c([2H])c1[2H].[2H]c1c([2H])c([2H])c(-c2cccc3sc4cc(-c5nc(-c6ccccc6)nc(-n6c7ccccc7c7c8c(ccc76)sc6ccccc68)n5)ccc4c23)c([2H])c1[2H]. The molecule has 0 atom stereocenters. The fourth-order valence-corrected chi connectivity index (χ4v) is 17.4. The van der Waals surface area contributed by atoms with Crippen LogP contribution in [0, 0.1) is 0 Å². The predicted octanol–water partition coefficient (Wildman–Crippen LogP) is 26.6. The van der Waals surface area contributed by atoms with Crippen LogP contribution in [0.15, 0.2) is 343 Å². The van der Waals surface area contributed by atoms with E-state index in [0.717, 1.165) is 63.6 Å². The molecule has 0 saturated carbocycles. The Bertz CT molecular complexity index is 9430. The third-order valence-corrected chi connectivity index (χ3v) is 22.1. The van der Waals surface area contributed by atoms with Crippen LogP contribution in [-0.4, -0.2) is 39.0 Å². The second-order valence-electron chi connectivity index (χ2n) is 24.9. The van der Waals surface area contributed by atoms with Crippen molar-refractivity contribution in [1.29, 1.82) is 0 Å². The first-order valence-electron chi connectivity index (χ1n) is 48.5. The van der Waals surface area contributed by atoms with Gasteiger partial charge in [0.1, 0.15) is 11.2 Å². The number of hydrogen-bond donors (Lipinski definition) is 0. The van der Waals surface area contributed by atoms with E-state index in [2.05, 4.69) is 86.2 Å². The van der Waals surface area contributed by atoms with E-state index in [-0.39, 0.29) is 71.8 Å². The molecule has 108 heavy (non-hydrogen) atoms. The van der Waals surface area contributed by atoms with E-state index in [9.17, 15) is 15.1 Å². The summed E-state index contributed by atoms with van der Waals surface area (Å²) in [5, 5.41) is 4.74. The molecule has 0 radical (unpaired) electrons. The molecular formula is C96H56N8OS3. The first kappa shape index (κ1) is 38.9. The maximum atomic E-state index is 9.77. The molecule has 0 spiro atoms.